The number of anilines is 1. The Hall–Kier alpha value is -1.78. The van der Waals surface area contributed by atoms with Gasteiger partial charge in [-0.25, -0.2) is 4.39 Å². The molecule has 3 rings (SSSR count). The summed E-state index contributed by atoms with van der Waals surface area (Å²) in [5, 5.41) is 7.13. The second-order valence-corrected chi connectivity index (χ2v) is 5.65. The van der Waals surface area contributed by atoms with Gasteiger partial charge in [0.05, 0.1) is 16.8 Å². The van der Waals surface area contributed by atoms with Gasteiger partial charge in [-0.05, 0) is 35.9 Å². The summed E-state index contributed by atoms with van der Waals surface area (Å²) in [7, 11) is 0. The molecular formula is C15H12Cl2FN3. The lowest BCUT2D eigenvalue weighted by Crippen LogP contribution is -2.19. The second-order valence-electron chi connectivity index (χ2n) is 4.80. The van der Waals surface area contributed by atoms with E-state index in [1.54, 1.807) is 35.3 Å². The molecule has 0 fully saturated rings. The molecule has 2 aromatic rings. The number of nitrogens with zero attached hydrogens (tertiary/aromatic N) is 2. The van der Waals surface area contributed by atoms with Crippen LogP contribution in [0.25, 0.3) is 0 Å². The van der Waals surface area contributed by atoms with Gasteiger partial charge in [0, 0.05) is 11.4 Å². The molecule has 1 heterocycles. The number of hydrogen-bond acceptors (Lipinski definition) is 3. The van der Waals surface area contributed by atoms with Crippen molar-refractivity contribution in [3.63, 3.8) is 0 Å². The number of amidine groups is 1. The smallest absolute Gasteiger partial charge is 0.123 e. The summed E-state index contributed by atoms with van der Waals surface area (Å²) in [5.74, 6) is 0.233. The van der Waals surface area contributed by atoms with Crippen molar-refractivity contribution >= 4 is 34.7 Å². The van der Waals surface area contributed by atoms with Gasteiger partial charge in [-0.2, -0.15) is 5.10 Å². The van der Waals surface area contributed by atoms with E-state index in [0.717, 1.165) is 11.3 Å². The third-order valence-electron chi connectivity index (χ3n) is 3.35. The molecule has 0 aliphatic carbocycles. The molecule has 0 aromatic heterocycles. The molecule has 0 amide bonds. The minimum atomic E-state index is -0.276. The summed E-state index contributed by atoms with van der Waals surface area (Å²) in [6.07, 6.45) is 0.560. The molecular weight excluding hydrogens is 312 g/mol. The van der Waals surface area contributed by atoms with Gasteiger partial charge in [0.2, 0.25) is 0 Å². The van der Waals surface area contributed by atoms with Crippen LogP contribution >= 0.6 is 23.2 Å². The van der Waals surface area contributed by atoms with Crippen LogP contribution in [0.1, 0.15) is 18.0 Å². The monoisotopic (exact) mass is 323 g/mol. The number of halogens is 3. The molecule has 2 N–H and O–H groups in total. The maximum absolute atomic E-state index is 13.1. The Morgan fingerprint density at radius 2 is 1.86 bits per heavy atom. The zero-order chi connectivity index (χ0) is 15.0. The number of hydrogen-bond donors (Lipinski definition) is 1. The van der Waals surface area contributed by atoms with E-state index in [0.29, 0.717) is 22.3 Å². The van der Waals surface area contributed by atoms with Gasteiger partial charge in [0.1, 0.15) is 11.7 Å². The molecule has 0 spiro atoms. The van der Waals surface area contributed by atoms with E-state index < -0.39 is 0 Å². The first-order valence-corrected chi connectivity index (χ1v) is 7.13. The molecule has 0 radical (unpaired) electrons. The molecule has 1 atom stereocenters. The highest BCUT2D eigenvalue weighted by Gasteiger charge is 2.29. The number of rotatable bonds is 2. The van der Waals surface area contributed by atoms with Gasteiger partial charge in [-0.3, -0.25) is 5.01 Å². The quantitative estimate of drug-likeness (QED) is 0.892. The number of benzene rings is 2. The summed E-state index contributed by atoms with van der Waals surface area (Å²) < 4.78 is 13.1. The van der Waals surface area contributed by atoms with Crippen LogP contribution in [-0.2, 0) is 0 Å². The van der Waals surface area contributed by atoms with Gasteiger partial charge in [0.15, 0.2) is 0 Å². The van der Waals surface area contributed by atoms with Crippen LogP contribution in [0.3, 0.4) is 0 Å². The molecule has 6 heteroatoms. The van der Waals surface area contributed by atoms with Gasteiger partial charge in [-0.1, -0.05) is 35.3 Å². The van der Waals surface area contributed by atoms with Crippen LogP contribution in [0.2, 0.25) is 10.0 Å². The fourth-order valence-electron chi connectivity index (χ4n) is 2.37. The van der Waals surface area contributed by atoms with Crippen molar-refractivity contribution in [2.75, 3.05) is 5.01 Å². The zero-order valence-corrected chi connectivity index (χ0v) is 12.4. The Balaban J connectivity index is 2.00. The third kappa shape index (κ3) is 2.82. The largest absolute Gasteiger partial charge is 0.386 e. The average molecular weight is 324 g/mol. The van der Waals surface area contributed by atoms with Gasteiger partial charge in [0.25, 0.3) is 0 Å². The van der Waals surface area contributed by atoms with Crippen LogP contribution in [0.5, 0.6) is 0 Å². The van der Waals surface area contributed by atoms with Crippen LogP contribution in [-0.4, -0.2) is 5.84 Å². The van der Waals surface area contributed by atoms with Crippen LogP contribution in [0.4, 0.5) is 10.1 Å². The fourth-order valence-corrected chi connectivity index (χ4v) is 2.86. The Bertz CT molecular complexity index is 701. The maximum Gasteiger partial charge on any atom is 0.123 e. The summed E-state index contributed by atoms with van der Waals surface area (Å²) in [6.45, 7) is 0. The molecule has 0 bridgehead atoms. The van der Waals surface area contributed by atoms with E-state index in [1.807, 2.05) is 0 Å². The lowest BCUT2D eigenvalue weighted by molar-refractivity contribution is 0.624. The van der Waals surface area contributed by atoms with E-state index in [-0.39, 0.29) is 11.9 Å². The molecule has 21 heavy (non-hydrogen) atoms. The van der Waals surface area contributed by atoms with E-state index in [1.165, 1.54) is 12.1 Å². The number of nitrogens with two attached hydrogens (primary N) is 1. The Morgan fingerprint density at radius 3 is 2.52 bits per heavy atom. The van der Waals surface area contributed by atoms with Crippen molar-refractivity contribution in [1.82, 2.24) is 0 Å². The fraction of sp³-hybridized carbons (Fsp3) is 0.133. The molecule has 0 unspecified atom stereocenters. The molecule has 2 aromatic carbocycles. The van der Waals surface area contributed by atoms with Gasteiger partial charge >= 0.3 is 0 Å². The molecule has 0 saturated carbocycles. The molecule has 1 aliphatic rings. The second kappa shape index (κ2) is 5.54. The zero-order valence-electron chi connectivity index (χ0n) is 10.9. The predicted octanol–water partition coefficient (Wildman–Crippen LogP) is 4.36. The first-order valence-electron chi connectivity index (χ1n) is 6.37. The van der Waals surface area contributed by atoms with Gasteiger partial charge < -0.3 is 5.73 Å². The van der Waals surface area contributed by atoms with Crippen molar-refractivity contribution < 1.29 is 4.39 Å². The van der Waals surface area contributed by atoms with E-state index in [9.17, 15) is 4.39 Å². The van der Waals surface area contributed by atoms with Crippen molar-refractivity contribution in [3.05, 3.63) is 63.9 Å². The Morgan fingerprint density at radius 1 is 1.14 bits per heavy atom. The summed E-state index contributed by atoms with van der Waals surface area (Å²) in [6, 6.07) is 11.4. The topological polar surface area (TPSA) is 41.6 Å². The minimum Gasteiger partial charge on any atom is -0.386 e. The molecule has 3 nitrogen and oxygen atoms in total. The molecule has 108 valence electrons. The van der Waals surface area contributed by atoms with Crippen LogP contribution in [0.15, 0.2) is 47.6 Å². The van der Waals surface area contributed by atoms with Crippen molar-refractivity contribution in [1.29, 1.82) is 0 Å². The highest BCUT2D eigenvalue weighted by molar-refractivity contribution is 6.36. The van der Waals surface area contributed by atoms with E-state index in [2.05, 4.69) is 5.10 Å². The lowest BCUT2D eigenvalue weighted by Gasteiger charge is -2.24. The van der Waals surface area contributed by atoms with Gasteiger partial charge in [-0.15, -0.1) is 0 Å². The lowest BCUT2D eigenvalue weighted by atomic mass is 10.0. The highest BCUT2D eigenvalue weighted by atomic mass is 35.5. The normalized spacial score (nSPS) is 18.0. The maximum atomic E-state index is 13.1. The van der Waals surface area contributed by atoms with Crippen molar-refractivity contribution in [2.45, 2.75) is 12.5 Å². The third-order valence-corrected chi connectivity index (χ3v) is 3.88. The summed E-state index contributed by atoms with van der Waals surface area (Å²) in [5.41, 5.74) is 7.51. The average Bonchev–Trinajstić information content (AvgIpc) is 2.81. The van der Waals surface area contributed by atoms with E-state index >= 15 is 0 Å². The summed E-state index contributed by atoms with van der Waals surface area (Å²) >= 11 is 12.2. The Labute approximate surface area is 131 Å². The van der Waals surface area contributed by atoms with Crippen molar-refractivity contribution in [2.24, 2.45) is 10.8 Å². The minimum absolute atomic E-state index is 0.107. The van der Waals surface area contributed by atoms with E-state index in [4.69, 9.17) is 28.9 Å². The summed E-state index contributed by atoms with van der Waals surface area (Å²) in [4.78, 5) is 0. The standard InChI is InChI=1S/C15H12Cl2FN3/c16-10-3-6-13(12(17)7-10)21-14(8-15(19)20-21)9-1-4-11(18)5-2-9/h1-7,14H,8H2,(H2,19,20)/t14-/m1/s1. The van der Waals surface area contributed by atoms with Crippen LogP contribution < -0.4 is 10.7 Å². The van der Waals surface area contributed by atoms with Crippen LogP contribution in [0, 0.1) is 5.82 Å². The molecule has 1 aliphatic heterocycles. The Kier molecular flexibility index (Phi) is 3.74. The first-order chi connectivity index (χ1) is 10.0. The molecule has 0 saturated heterocycles. The highest BCUT2D eigenvalue weighted by Crippen LogP contribution is 2.38. The first kappa shape index (κ1) is 14.2. The predicted molar refractivity (Wildman–Crippen MR) is 84.3 cm³/mol. The number of hydrazone groups is 1. The SMILES string of the molecule is NC1=NN(c2ccc(Cl)cc2Cl)[C@@H](c2ccc(F)cc2)C1. The van der Waals surface area contributed by atoms with Crippen molar-refractivity contribution in [3.8, 4) is 0 Å².